The van der Waals surface area contributed by atoms with Crippen molar-refractivity contribution in [3.8, 4) is 0 Å². The Labute approximate surface area is 93.8 Å². The summed E-state index contributed by atoms with van der Waals surface area (Å²) in [5.74, 6) is -0.0368. The molecule has 1 aromatic heterocycles. The molecule has 0 radical (unpaired) electrons. The molecule has 0 aliphatic heterocycles. The van der Waals surface area contributed by atoms with E-state index in [-0.39, 0.29) is 19.1 Å². The summed E-state index contributed by atoms with van der Waals surface area (Å²) in [6.45, 7) is 3.73. The zero-order valence-corrected chi connectivity index (χ0v) is 9.31. The van der Waals surface area contributed by atoms with Gasteiger partial charge in [-0.1, -0.05) is 5.21 Å². The second-order valence-corrected chi connectivity index (χ2v) is 3.25. The summed E-state index contributed by atoms with van der Waals surface area (Å²) in [6, 6.07) is 0. The lowest BCUT2D eigenvalue weighted by atomic mass is 10.4. The predicted octanol–water partition coefficient (Wildman–Crippen LogP) is -1.50. The van der Waals surface area contributed by atoms with Gasteiger partial charge in [0.05, 0.1) is 25.4 Å². The number of aromatic nitrogens is 3. The Hall–Kier alpha value is -1.47. The van der Waals surface area contributed by atoms with E-state index < -0.39 is 0 Å². The average molecular weight is 227 g/mol. The summed E-state index contributed by atoms with van der Waals surface area (Å²) in [6.07, 6.45) is 1.74. The monoisotopic (exact) mass is 227 g/mol. The molecule has 0 aromatic carbocycles. The fraction of sp³-hybridized carbons (Fsp3) is 0.667. The van der Waals surface area contributed by atoms with Crippen molar-refractivity contribution in [1.82, 2.24) is 25.6 Å². The van der Waals surface area contributed by atoms with Gasteiger partial charge in [0.25, 0.3) is 0 Å². The largest absolute Gasteiger partial charge is 0.394 e. The maximum Gasteiger partial charge on any atom is 0.233 e. The number of rotatable bonds is 7. The first kappa shape index (κ1) is 12.6. The molecule has 16 heavy (non-hydrogen) atoms. The van der Waals surface area contributed by atoms with Gasteiger partial charge in [0.15, 0.2) is 0 Å². The van der Waals surface area contributed by atoms with Crippen LogP contribution in [0.4, 0.5) is 0 Å². The zero-order valence-electron chi connectivity index (χ0n) is 9.31. The molecule has 0 unspecified atom stereocenters. The number of carbonyl (C=O) groups excluding carboxylic acids is 1. The fourth-order valence-electron chi connectivity index (χ4n) is 1.20. The molecular weight excluding hydrogens is 210 g/mol. The van der Waals surface area contributed by atoms with E-state index in [0.717, 1.165) is 5.69 Å². The first-order valence-electron chi connectivity index (χ1n) is 5.23. The molecule has 0 fully saturated rings. The van der Waals surface area contributed by atoms with Crippen molar-refractivity contribution >= 4 is 5.91 Å². The van der Waals surface area contributed by atoms with E-state index in [2.05, 4.69) is 20.9 Å². The van der Waals surface area contributed by atoms with Crippen molar-refractivity contribution in [1.29, 1.82) is 0 Å². The van der Waals surface area contributed by atoms with Gasteiger partial charge in [-0.15, -0.1) is 5.10 Å². The van der Waals surface area contributed by atoms with E-state index in [1.165, 1.54) is 0 Å². The van der Waals surface area contributed by atoms with Crippen LogP contribution in [-0.4, -0.2) is 45.7 Å². The Kier molecular flexibility index (Phi) is 5.44. The Morgan fingerprint density at radius 1 is 1.62 bits per heavy atom. The van der Waals surface area contributed by atoms with E-state index >= 15 is 0 Å². The van der Waals surface area contributed by atoms with Crippen LogP contribution in [0.2, 0.25) is 0 Å². The molecule has 3 N–H and O–H groups in total. The molecule has 1 amide bonds. The number of nitrogens with one attached hydrogen (secondary N) is 2. The Balaban J connectivity index is 2.23. The summed E-state index contributed by atoms with van der Waals surface area (Å²) in [7, 11) is 0. The minimum Gasteiger partial charge on any atom is -0.394 e. The van der Waals surface area contributed by atoms with Crippen LogP contribution < -0.4 is 10.6 Å². The number of aliphatic hydroxyl groups excluding tert-OH is 1. The lowest BCUT2D eigenvalue weighted by Crippen LogP contribution is -2.33. The van der Waals surface area contributed by atoms with Gasteiger partial charge in [0, 0.05) is 19.3 Å². The SMILES string of the molecule is CCNC(=O)CNCc1cn(CCO)nn1. The molecule has 0 aliphatic rings. The molecule has 0 spiro atoms. The number of hydrogen-bond acceptors (Lipinski definition) is 5. The molecule has 0 bridgehead atoms. The molecule has 7 nitrogen and oxygen atoms in total. The van der Waals surface area contributed by atoms with E-state index in [1.54, 1.807) is 10.9 Å². The Morgan fingerprint density at radius 2 is 2.44 bits per heavy atom. The van der Waals surface area contributed by atoms with E-state index in [0.29, 0.717) is 19.6 Å². The predicted molar refractivity (Wildman–Crippen MR) is 57.5 cm³/mol. The second kappa shape index (κ2) is 6.91. The van der Waals surface area contributed by atoms with Crippen LogP contribution in [0.3, 0.4) is 0 Å². The third-order valence-electron chi connectivity index (χ3n) is 1.88. The highest BCUT2D eigenvalue weighted by Gasteiger charge is 2.02. The third kappa shape index (κ3) is 4.37. The molecule has 7 heteroatoms. The number of likely N-dealkylation sites (N-methyl/N-ethyl adjacent to an activating group) is 1. The highest BCUT2D eigenvalue weighted by atomic mass is 16.3. The first-order chi connectivity index (χ1) is 7.76. The summed E-state index contributed by atoms with van der Waals surface area (Å²) >= 11 is 0. The molecule has 0 saturated carbocycles. The minimum absolute atomic E-state index is 0.0368. The van der Waals surface area contributed by atoms with E-state index in [9.17, 15) is 4.79 Å². The Bertz CT molecular complexity index is 325. The van der Waals surface area contributed by atoms with Crippen molar-refractivity contribution in [2.24, 2.45) is 0 Å². The smallest absolute Gasteiger partial charge is 0.233 e. The van der Waals surface area contributed by atoms with E-state index in [4.69, 9.17) is 5.11 Å². The maximum atomic E-state index is 11.1. The molecule has 90 valence electrons. The summed E-state index contributed by atoms with van der Waals surface area (Å²) in [4.78, 5) is 11.1. The molecule has 0 atom stereocenters. The van der Waals surface area contributed by atoms with Crippen LogP contribution in [0.25, 0.3) is 0 Å². The van der Waals surface area contributed by atoms with Gasteiger partial charge in [0.2, 0.25) is 5.91 Å². The lowest BCUT2D eigenvalue weighted by molar-refractivity contribution is -0.120. The molecule has 1 aromatic rings. The van der Waals surface area contributed by atoms with Crippen LogP contribution in [-0.2, 0) is 17.9 Å². The number of aliphatic hydroxyl groups is 1. The molecule has 1 heterocycles. The number of nitrogens with zero attached hydrogens (tertiary/aromatic N) is 3. The van der Waals surface area contributed by atoms with E-state index in [1.807, 2.05) is 6.92 Å². The van der Waals surface area contributed by atoms with Crippen molar-refractivity contribution in [3.05, 3.63) is 11.9 Å². The van der Waals surface area contributed by atoms with Gasteiger partial charge >= 0.3 is 0 Å². The second-order valence-electron chi connectivity index (χ2n) is 3.25. The summed E-state index contributed by atoms with van der Waals surface area (Å²) in [5, 5.41) is 22.0. The number of carbonyl (C=O) groups is 1. The maximum absolute atomic E-state index is 11.1. The van der Waals surface area contributed by atoms with Gasteiger partial charge in [-0.3, -0.25) is 4.79 Å². The van der Waals surface area contributed by atoms with Gasteiger partial charge in [-0.05, 0) is 6.92 Å². The Morgan fingerprint density at radius 3 is 3.12 bits per heavy atom. The van der Waals surface area contributed by atoms with Gasteiger partial charge in [-0.25, -0.2) is 4.68 Å². The van der Waals surface area contributed by atoms with Gasteiger partial charge < -0.3 is 15.7 Å². The standard InChI is InChI=1S/C9H17N5O2/c1-2-11-9(16)6-10-5-8-7-14(3-4-15)13-12-8/h7,10,15H,2-6H2,1H3,(H,11,16). The number of amides is 1. The van der Waals surface area contributed by atoms with Crippen molar-refractivity contribution in [3.63, 3.8) is 0 Å². The lowest BCUT2D eigenvalue weighted by Gasteiger charge is -2.02. The fourth-order valence-corrected chi connectivity index (χ4v) is 1.20. The first-order valence-corrected chi connectivity index (χ1v) is 5.23. The highest BCUT2D eigenvalue weighted by molar-refractivity contribution is 5.77. The summed E-state index contributed by atoms with van der Waals surface area (Å²) < 4.78 is 1.56. The zero-order chi connectivity index (χ0) is 11.8. The van der Waals surface area contributed by atoms with Crippen molar-refractivity contribution < 1.29 is 9.90 Å². The summed E-state index contributed by atoms with van der Waals surface area (Å²) in [5.41, 5.74) is 0.748. The quantitative estimate of drug-likeness (QED) is 0.527. The topological polar surface area (TPSA) is 92.1 Å². The van der Waals surface area contributed by atoms with Gasteiger partial charge in [-0.2, -0.15) is 0 Å². The van der Waals surface area contributed by atoms with Crippen LogP contribution in [0.5, 0.6) is 0 Å². The van der Waals surface area contributed by atoms with Crippen molar-refractivity contribution in [2.75, 3.05) is 19.7 Å². The van der Waals surface area contributed by atoms with Gasteiger partial charge in [0.1, 0.15) is 0 Å². The molecule has 0 saturated heterocycles. The molecular formula is C9H17N5O2. The van der Waals surface area contributed by atoms with Crippen LogP contribution >= 0.6 is 0 Å². The highest BCUT2D eigenvalue weighted by Crippen LogP contribution is 1.91. The number of hydrogen-bond donors (Lipinski definition) is 3. The van der Waals surface area contributed by atoms with Crippen molar-refractivity contribution in [2.45, 2.75) is 20.0 Å². The minimum atomic E-state index is -0.0368. The average Bonchev–Trinajstić information content (AvgIpc) is 2.67. The molecule has 0 aliphatic carbocycles. The normalized spacial score (nSPS) is 10.4. The molecule has 1 rings (SSSR count). The third-order valence-corrected chi connectivity index (χ3v) is 1.88. The van der Waals surface area contributed by atoms with Crippen LogP contribution in [0.15, 0.2) is 6.20 Å². The van der Waals surface area contributed by atoms with Crippen LogP contribution in [0, 0.1) is 0 Å². The van der Waals surface area contributed by atoms with Crippen LogP contribution in [0.1, 0.15) is 12.6 Å².